The first-order valence-electron chi connectivity index (χ1n) is 12.3. The summed E-state index contributed by atoms with van der Waals surface area (Å²) in [5.74, 6) is 2.96. The number of anilines is 1. The van der Waals surface area contributed by atoms with Crippen molar-refractivity contribution in [1.82, 2.24) is 29.5 Å². The molecule has 190 valence electrons. The molecule has 0 aliphatic carbocycles. The SMILES string of the molecule is C#Cc1cccc2nc([C@@H](C)NC(=O)c3c(N)nn4cc(CC(C)C)cnc34)n(-c3ccccc3)c(=O)c12. The van der Waals surface area contributed by atoms with Crippen LogP contribution in [-0.4, -0.2) is 30.1 Å². The number of para-hydroxylation sites is 1. The average molecular weight is 506 g/mol. The number of carbonyl (C=O) groups excluding carboxylic acids is 1. The highest BCUT2D eigenvalue weighted by molar-refractivity contribution is 6.04. The van der Waals surface area contributed by atoms with Gasteiger partial charge in [-0.3, -0.25) is 14.2 Å². The molecular weight excluding hydrogens is 478 g/mol. The summed E-state index contributed by atoms with van der Waals surface area (Å²) < 4.78 is 3.01. The van der Waals surface area contributed by atoms with E-state index in [2.05, 4.69) is 35.2 Å². The molecule has 0 spiro atoms. The number of hydrogen-bond donors (Lipinski definition) is 2. The van der Waals surface area contributed by atoms with Gasteiger partial charge in [-0.05, 0) is 49.1 Å². The Morgan fingerprint density at radius 2 is 1.89 bits per heavy atom. The normalized spacial score (nSPS) is 12.1. The van der Waals surface area contributed by atoms with Gasteiger partial charge in [-0.1, -0.05) is 44.0 Å². The third-order valence-electron chi connectivity index (χ3n) is 6.25. The predicted octanol–water partition coefficient (Wildman–Crippen LogP) is 3.68. The van der Waals surface area contributed by atoms with Crippen LogP contribution < -0.4 is 16.6 Å². The Kier molecular flexibility index (Phi) is 6.39. The Balaban J connectivity index is 1.58. The number of amides is 1. The van der Waals surface area contributed by atoms with Crippen molar-refractivity contribution in [2.45, 2.75) is 33.2 Å². The maximum Gasteiger partial charge on any atom is 0.267 e. The van der Waals surface area contributed by atoms with E-state index in [9.17, 15) is 9.59 Å². The van der Waals surface area contributed by atoms with E-state index in [0.29, 0.717) is 39.5 Å². The second-order valence-corrected chi connectivity index (χ2v) is 9.57. The first-order chi connectivity index (χ1) is 18.3. The molecule has 0 bridgehead atoms. The fourth-order valence-corrected chi connectivity index (χ4v) is 4.60. The molecule has 0 unspecified atom stereocenters. The minimum absolute atomic E-state index is 0.0643. The average Bonchev–Trinajstić information content (AvgIpc) is 3.23. The van der Waals surface area contributed by atoms with E-state index in [-0.39, 0.29) is 16.9 Å². The smallest absolute Gasteiger partial charge is 0.267 e. The van der Waals surface area contributed by atoms with Crippen molar-refractivity contribution >= 4 is 28.3 Å². The summed E-state index contributed by atoms with van der Waals surface area (Å²) >= 11 is 0. The number of rotatable bonds is 6. The number of benzene rings is 2. The van der Waals surface area contributed by atoms with E-state index in [1.807, 2.05) is 24.4 Å². The minimum Gasteiger partial charge on any atom is -0.381 e. The molecule has 38 heavy (non-hydrogen) atoms. The molecule has 3 aromatic heterocycles. The molecule has 0 saturated carbocycles. The lowest BCUT2D eigenvalue weighted by atomic mass is 10.1. The summed E-state index contributed by atoms with van der Waals surface area (Å²) in [7, 11) is 0. The molecule has 5 rings (SSSR count). The van der Waals surface area contributed by atoms with Gasteiger partial charge in [0.1, 0.15) is 11.4 Å². The highest BCUT2D eigenvalue weighted by atomic mass is 16.2. The number of hydrogen-bond acceptors (Lipinski definition) is 6. The van der Waals surface area contributed by atoms with Crippen molar-refractivity contribution in [3.63, 3.8) is 0 Å². The highest BCUT2D eigenvalue weighted by Crippen LogP contribution is 2.22. The topological polar surface area (TPSA) is 120 Å². The van der Waals surface area contributed by atoms with Gasteiger partial charge in [0, 0.05) is 18.0 Å². The van der Waals surface area contributed by atoms with E-state index in [4.69, 9.17) is 17.1 Å². The third kappa shape index (κ3) is 4.37. The Hall–Kier alpha value is -4.97. The summed E-state index contributed by atoms with van der Waals surface area (Å²) in [6.07, 6.45) is 10.1. The van der Waals surface area contributed by atoms with Gasteiger partial charge in [0.15, 0.2) is 11.5 Å². The van der Waals surface area contributed by atoms with Crippen LogP contribution in [0.4, 0.5) is 5.82 Å². The number of nitrogen functional groups attached to an aromatic ring is 1. The first kappa shape index (κ1) is 24.7. The Labute approximate surface area is 219 Å². The minimum atomic E-state index is -0.677. The summed E-state index contributed by atoms with van der Waals surface area (Å²) in [5, 5.41) is 7.58. The molecule has 0 saturated heterocycles. The van der Waals surface area contributed by atoms with Crippen LogP contribution in [-0.2, 0) is 6.42 Å². The molecule has 2 aromatic carbocycles. The lowest BCUT2D eigenvalue weighted by Gasteiger charge is -2.20. The summed E-state index contributed by atoms with van der Waals surface area (Å²) in [5.41, 5.74) is 8.84. The molecule has 1 atom stereocenters. The van der Waals surface area contributed by atoms with Gasteiger partial charge in [0.25, 0.3) is 11.5 Å². The zero-order valence-electron chi connectivity index (χ0n) is 21.3. The first-order valence-corrected chi connectivity index (χ1v) is 12.3. The molecule has 1 amide bonds. The number of terminal acetylenes is 1. The number of nitrogens with zero attached hydrogens (tertiary/aromatic N) is 5. The number of nitrogens with two attached hydrogens (primary N) is 1. The van der Waals surface area contributed by atoms with Crippen LogP contribution >= 0.6 is 0 Å². The number of carbonyl (C=O) groups is 1. The molecule has 9 nitrogen and oxygen atoms in total. The second kappa shape index (κ2) is 9.82. The predicted molar refractivity (Wildman–Crippen MR) is 147 cm³/mol. The van der Waals surface area contributed by atoms with E-state index in [0.717, 1.165) is 12.0 Å². The van der Waals surface area contributed by atoms with Gasteiger partial charge in [-0.25, -0.2) is 14.5 Å². The molecule has 0 radical (unpaired) electrons. The molecule has 9 heteroatoms. The van der Waals surface area contributed by atoms with Crippen molar-refractivity contribution in [2.24, 2.45) is 5.92 Å². The van der Waals surface area contributed by atoms with Crippen molar-refractivity contribution in [3.8, 4) is 18.0 Å². The van der Waals surface area contributed by atoms with Gasteiger partial charge in [0.05, 0.1) is 22.6 Å². The van der Waals surface area contributed by atoms with E-state index < -0.39 is 11.9 Å². The van der Waals surface area contributed by atoms with Gasteiger partial charge < -0.3 is 11.1 Å². The summed E-state index contributed by atoms with van der Waals surface area (Å²) in [6, 6.07) is 13.6. The van der Waals surface area contributed by atoms with Crippen LogP contribution in [0.5, 0.6) is 0 Å². The maximum absolute atomic E-state index is 13.8. The number of nitrogens with one attached hydrogen (secondary N) is 1. The van der Waals surface area contributed by atoms with Crippen molar-refractivity contribution in [2.75, 3.05) is 5.73 Å². The van der Waals surface area contributed by atoms with Crippen LogP contribution in [0.3, 0.4) is 0 Å². The lowest BCUT2D eigenvalue weighted by Crippen LogP contribution is -2.33. The van der Waals surface area contributed by atoms with E-state index in [1.54, 1.807) is 43.5 Å². The lowest BCUT2D eigenvalue weighted by molar-refractivity contribution is 0.0940. The molecule has 0 aliphatic heterocycles. The fourth-order valence-electron chi connectivity index (χ4n) is 4.60. The number of fused-ring (bicyclic) bond motifs is 2. The number of aromatic nitrogens is 5. The quantitative estimate of drug-likeness (QED) is 0.340. The zero-order chi connectivity index (χ0) is 27.0. The van der Waals surface area contributed by atoms with Crippen molar-refractivity contribution in [3.05, 3.63) is 93.8 Å². The van der Waals surface area contributed by atoms with E-state index in [1.165, 1.54) is 9.08 Å². The second-order valence-electron chi connectivity index (χ2n) is 9.57. The monoisotopic (exact) mass is 505 g/mol. The van der Waals surface area contributed by atoms with Crippen molar-refractivity contribution < 1.29 is 4.79 Å². The van der Waals surface area contributed by atoms with Gasteiger partial charge in [-0.2, -0.15) is 0 Å². The van der Waals surface area contributed by atoms with Crippen LogP contribution in [0.15, 0.2) is 65.7 Å². The molecule has 0 aliphatic rings. The third-order valence-corrected chi connectivity index (χ3v) is 6.25. The van der Waals surface area contributed by atoms with Gasteiger partial charge in [-0.15, -0.1) is 11.5 Å². The molecule has 3 N–H and O–H groups in total. The largest absolute Gasteiger partial charge is 0.381 e. The van der Waals surface area contributed by atoms with Gasteiger partial charge >= 0.3 is 0 Å². The Morgan fingerprint density at radius 3 is 2.61 bits per heavy atom. The van der Waals surface area contributed by atoms with Crippen LogP contribution in [0.25, 0.3) is 22.2 Å². The van der Waals surface area contributed by atoms with Crippen LogP contribution in [0.1, 0.15) is 54.1 Å². The highest BCUT2D eigenvalue weighted by Gasteiger charge is 2.25. The Bertz CT molecular complexity index is 1780. The summed E-state index contributed by atoms with van der Waals surface area (Å²) in [6.45, 7) is 5.99. The zero-order valence-corrected chi connectivity index (χ0v) is 21.3. The van der Waals surface area contributed by atoms with Crippen LogP contribution in [0, 0.1) is 18.3 Å². The molecule has 0 fully saturated rings. The Morgan fingerprint density at radius 1 is 1.13 bits per heavy atom. The summed E-state index contributed by atoms with van der Waals surface area (Å²) in [4.78, 5) is 36.4. The standard InChI is InChI=1S/C29H27N7O2/c1-5-20-10-9-13-22-23(20)29(38)36(21-11-7-6-8-12-21)26(33-22)18(4)32-28(37)24-25(30)34-35-16-19(14-17(2)3)15-31-27(24)35/h1,6-13,15-18H,14H2,2-4H3,(H2,30,34)(H,32,37)/t18-/m1/s1. The fraction of sp³-hybridized carbons (Fsp3) is 0.207. The van der Waals surface area contributed by atoms with E-state index >= 15 is 0 Å². The molecular formula is C29H27N7O2. The molecule has 5 aromatic rings. The maximum atomic E-state index is 13.8. The van der Waals surface area contributed by atoms with Crippen molar-refractivity contribution in [1.29, 1.82) is 0 Å². The molecule has 3 heterocycles. The van der Waals surface area contributed by atoms with Gasteiger partial charge in [0.2, 0.25) is 0 Å². The van der Waals surface area contributed by atoms with Crippen LogP contribution in [0.2, 0.25) is 0 Å².